The van der Waals surface area contributed by atoms with Crippen molar-refractivity contribution >= 4 is 63.6 Å². The van der Waals surface area contributed by atoms with E-state index in [1.165, 1.54) is 11.0 Å². The number of pyridine rings is 1. The van der Waals surface area contributed by atoms with Crippen LogP contribution >= 0.6 is 23.2 Å². The molecule has 0 bridgehead atoms. The van der Waals surface area contributed by atoms with E-state index in [4.69, 9.17) is 37.4 Å². The number of hydrogen-bond acceptors (Lipinski definition) is 7. The van der Waals surface area contributed by atoms with Crippen molar-refractivity contribution in [3.8, 4) is 5.75 Å². The van der Waals surface area contributed by atoms with Gasteiger partial charge in [-0.15, -0.1) is 0 Å². The number of anilines is 1. The number of methoxy groups -OCH3 is 2. The van der Waals surface area contributed by atoms with Crippen LogP contribution in [0.15, 0.2) is 72.8 Å². The molecule has 0 spiro atoms. The molecule has 12 heteroatoms. The van der Waals surface area contributed by atoms with Gasteiger partial charge in [-0.1, -0.05) is 53.5 Å². The van der Waals surface area contributed by atoms with E-state index in [-0.39, 0.29) is 24.1 Å². The first-order valence-electron chi connectivity index (χ1n) is 15.2. The summed E-state index contributed by atoms with van der Waals surface area (Å²) in [5.74, 6) is -0.410. The number of carbonyl (C=O) groups excluding carboxylic acids is 3. The fourth-order valence-corrected chi connectivity index (χ4v) is 5.35. The predicted octanol–water partition coefficient (Wildman–Crippen LogP) is 5.96. The smallest absolute Gasteiger partial charge is 0.254 e. The number of hydrogen-bond donors (Lipinski definition) is 1. The highest BCUT2D eigenvalue weighted by molar-refractivity contribution is 6.38. The molecule has 4 rings (SSSR count). The second-order valence-corrected chi connectivity index (χ2v) is 11.6. The van der Waals surface area contributed by atoms with Crippen LogP contribution in [0.2, 0.25) is 10.0 Å². The number of benzene rings is 3. The fourth-order valence-electron chi connectivity index (χ4n) is 4.74. The van der Waals surface area contributed by atoms with E-state index in [0.717, 1.165) is 16.6 Å². The van der Waals surface area contributed by atoms with Crippen LogP contribution in [0.5, 0.6) is 5.75 Å². The Kier molecular flexibility index (Phi) is 13.3. The average molecular weight is 694 g/mol. The van der Waals surface area contributed by atoms with Gasteiger partial charge >= 0.3 is 0 Å². The second-order valence-electron chi connectivity index (χ2n) is 10.8. The summed E-state index contributed by atoms with van der Waals surface area (Å²) in [6.07, 6.45) is 2.92. The van der Waals surface area contributed by atoms with E-state index in [0.29, 0.717) is 59.5 Å². The third-order valence-electron chi connectivity index (χ3n) is 7.51. The molecule has 1 heterocycles. The topological polar surface area (TPSA) is 110 Å². The molecule has 10 nitrogen and oxygen atoms in total. The molecule has 0 aliphatic heterocycles. The van der Waals surface area contributed by atoms with Gasteiger partial charge in [-0.05, 0) is 55.0 Å². The minimum absolute atomic E-state index is 0.0544. The van der Waals surface area contributed by atoms with E-state index >= 15 is 0 Å². The van der Waals surface area contributed by atoms with Crippen LogP contribution in [-0.2, 0) is 25.7 Å². The number of fused-ring (bicyclic) bond motifs is 1. The molecule has 1 N–H and O–H groups in total. The lowest BCUT2D eigenvalue weighted by atomic mass is 10.1. The monoisotopic (exact) mass is 692 g/mol. The maximum atomic E-state index is 13.0. The van der Waals surface area contributed by atoms with Crippen LogP contribution in [0.3, 0.4) is 0 Å². The zero-order valence-electron chi connectivity index (χ0n) is 27.3. The highest BCUT2D eigenvalue weighted by atomic mass is 35.5. The van der Waals surface area contributed by atoms with Crippen LogP contribution in [-0.4, -0.2) is 81.7 Å². The van der Waals surface area contributed by atoms with Gasteiger partial charge < -0.3 is 29.3 Å². The molecule has 0 fully saturated rings. The lowest BCUT2D eigenvalue weighted by Crippen LogP contribution is -2.37. The van der Waals surface area contributed by atoms with Crippen molar-refractivity contribution in [2.24, 2.45) is 0 Å². The van der Waals surface area contributed by atoms with Gasteiger partial charge in [-0.25, -0.2) is 4.98 Å². The number of aromatic nitrogens is 1. The first-order chi connectivity index (χ1) is 23.1. The first-order valence-corrected chi connectivity index (χ1v) is 15.9. The Morgan fingerprint density at radius 3 is 2.31 bits per heavy atom. The zero-order chi connectivity index (χ0) is 34.6. The number of aryl methyl sites for hydroxylation is 1. The Hall–Kier alpha value is -4.48. The van der Waals surface area contributed by atoms with E-state index < -0.39 is 11.8 Å². The molecule has 0 radical (unpaired) electrons. The van der Waals surface area contributed by atoms with E-state index in [1.807, 2.05) is 37.3 Å². The normalized spacial score (nSPS) is 11.1. The number of carbonyl (C=O) groups is 3. The van der Waals surface area contributed by atoms with Crippen LogP contribution in [0.4, 0.5) is 5.69 Å². The van der Waals surface area contributed by atoms with E-state index in [9.17, 15) is 14.4 Å². The van der Waals surface area contributed by atoms with Crippen molar-refractivity contribution in [2.45, 2.75) is 13.5 Å². The highest BCUT2D eigenvalue weighted by Crippen LogP contribution is 2.35. The number of halogens is 2. The molecule has 48 heavy (non-hydrogen) atoms. The summed E-state index contributed by atoms with van der Waals surface area (Å²) >= 11 is 13.2. The molecule has 0 saturated carbocycles. The lowest BCUT2D eigenvalue weighted by Gasteiger charge is -2.22. The van der Waals surface area contributed by atoms with Gasteiger partial charge in [-0.2, -0.15) is 0 Å². The minimum Gasteiger partial charge on any atom is -0.487 e. The fraction of sp³-hybridized carbons (Fsp3) is 0.278. The number of amides is 3. The van der Waals surface area contributed by atoms with Crippen molar-refractivity contribution in [2.75, 3.05) is 59.0 Å². The highest BCUT2D eigenvalue weighted by Gasteiger charge is 2.20. The summed E-state index contributed by atoms with van der Waals surface area (Å²) in [4.78, 5) is 46.1. The largest absolute Gasteiger partial charge is 0.487 e. The Bertz CT molecular complexity index is 1770. The quantitative estimate of drug-likeness (QED) is 0.153. The molecular formula is C36H38Cl2N4O6. The maximum absolute atomic E-state index is 13.0. The number of para-hydroxylation sites is 1. The number of nitrogens with one attached hydrogen (secondary N) is 1. The Balaban J connectivity index is 1.34. The standard InChI is InChI=1S/C36H38Cl2N4O6/c1-24-8-12-26-6-5-7-31(35(26)40-24)48-23-28-29(37)15-16-30(34(28)38)41(2)33(44)22-39-32(43)17-11-25-9-13-27(14-10-25)36(45)42(18-20-46-3)19-21-47-4/h5-17H,18-23H2,1-4H3,(H,39,43)/b17-11+. The van der Waals surface area contributed by atoms with Crippen molar-refractivity contribution in [3.63, 3.8) is 0 Å². The lowest BCUT2D eigenvalue weighted by molar-refractivity contribution is -0.122. The molecule has 0 saturated heterocycles. The number of likely N-dealkylation sites (N-methyl/N-ethyl adjacent to an activating group) is 1. The summed E-state index contributed by atoms with van der Waals surface area (Å²) < 4.78 is 16.3. The van der Waals surface area contributed by atoms with Crippen molar-refractivity contribution in [1.29, 1.82) is 0 Å². The number of nitrogens with zero attached hydrogens (tertiary/aromatic N) is 3. The van der Waals surface area contributed by atoms with Gasteiger partial charge in [-0.3, -0.25) is 14.4 Å². The number of rotatable bonds is 15. The maximum Gasteiger partial charge on any atom is 0.254 e. The Morgan fingerprint density at radius 2 is 1.62 bits per heavy atom. The van der Waals surface area contributed by atoms with Gasteiger partial charge in [0.2, 0.25) is 11.8 Å². The molecule has 0 unspecified atom stereocenters. The molecule has 0 aliphatic rings. The molecule has 1 aromatic heterocycles. The minimum atomic E-state index is -0.461. The summed E-state index contributed by atoms with van der Waals surface area (Å²) in [5.41, 5.74) is 3.73. The number of ether oxygens (including phenoxy) is 3. The van der Waals surface area contributed by atoms with Gasteiger partial charge in [0.05, 0.1) is 30.5 Å². The molecule has 252 valence electrons. The van der Waals surface area contributed by atoms with Crippen molar-refractivity contribution in [3.05, 3.63) is 105 Å². The van der Waals surface area contributed by atoms with Gasteiger partial charge in [0.15, 0.2) is 0 Å². The van der Waals surface area contributed by atoms with E-state index in [1.54, 1.807) is 68.6 Å². The third kappa shape index (κ3) is 9.54. The molecular weight excluding hydrogens is 655 g/mol. The summed E-state index contributed by atoms with van der Waals surface area (Å²) in [5, 5.41) is 4.19. The molecule has 0 atom stereocenters. The van der Waals surface area contributed by atoms with Crippen LogP contribution in [0.25, 0.3) is 17.0 Å². The summed E-state index contributed by atoms with van der Waals surface area (Å²) in [6, 6.07) is 19.7. The molecule has 3 amide bonds. The van der Waals surface area contributed by atoms with Crippen molar-refractivity contribution < 1.29 is 28.6 Å². The predicted molar refractivity (Wildman–Crippen MR) is 189 cm³/mol. The SMILES string of the molecule is COCCN(CCOC)C(=O)c1ccc(/C=C/C(=O)NCC(=O)N(C)c2ccc(Cl)c(COc3cccc4ccc(C)nc34)c2Cl)cc1. The second kappa shape index (κ2) is 17.6. The summed E-state index contributed by atoms with van der Waals surface area (Å²) in [6.45, 7) is 3.41. The molecule has 0 aliphatic carbocycles. The average Bonchev–Trinajstić information content (AvgIpc) is 3.09. The van der Waals surface area contributed by atoms with Gasteiger partial charge in [0, 0.05) is 67.7 Å². The van der Waals surface area contributed by atoms with Gasteiger partial charge in [0.25, 0.3) is 5.91 Å². The van der Waals surface area contributed by atoms with Crippen molar-refractivity contribution in [1.82, 2.24) is 15.2 Å². The molecule has 3 aromatic carbocycles. The van der Waals surface area contributed by atoms with Crippen LogP contribution in [0.1, 0.15) is 27.2 Å². The molecule has 4 aromatic rings. The zero-order valence-corrected chi connectivity index (χ0v) is 28.8. The third-order valence-corrected chi connectivity index (χ3v) is 8.29. The van der Waals surface area contributed by atoms with E-state index in [2.05, 4.69) is 10.3 Å². The summed E-state index contributed by atoms with van der Waals surface area (Å²) in [7, 11) is 4.73. The Labute approximate surface area is 290 Å². The van der Waals surface area contributed by atoms with Gasteiger partial charge in [0.1, 0.15) is 17.9 Å². The Morgan fingerprint density at radius 1 is 0.917 bits per heavy atom. The van der Waals surface area contributed by atoms with Crippen LogP contribution < -0.4 is 15.0 Å². The first kappa shape index (κ1) is 36.4. The van der Waals surface area contributed by atoms with Crippen LogP contribution in [0, 0.1) is 6.92 Å².